The first-order chi connectivity index (χ1) is 5.34. The quantitative estimate of drug-likeness (QED) is 0.513. The minimum atomic E-state index is 0.599. The van der Waals surface area contributed by atoms with E-state index in [1.807, 2.05) is 19.2 Å². The molecule has 0 aliphatic heterocycles. The molecule has 0 atom stereocenters. The minimum absolute atomic E-state index is 0.599. The molecule has 0 N–H and O–H groups in total. The van der Waals surface area contributed by atoms with Crippen LogP contribution >= 0.6 is 11.3 Å². The van der Waals surface area contributed by atoms with Crippen LogP contribution in [-0.4, -0.2) is 17.3 Å². The van der Waals surface area contributed by atoms with Gasteiger partial charge in [-0.15, -0.1) is 11.3 Å². The van der Waals surface area contributed by atoms with Crippen molar-refractivity contribution in [2.45, 2.75) is 13.8 Å². The molecule has 3 nitrogen and oxygen atoms in total. The second kappa shape index (κ2) is 4.08. The van der Waals surface area contributed by atoms with E-state index in [2.05, 4.69) is 10.1 Å². The van der Waals surface area contributed by atoms with Gasteiger partial charge >= 0.3 is 0 Å². The molecule has 1 rings (SSSR count). The summed E-state index contributed by atoms with van der Waals surface area (Å²) in [6, 6.07) is 0. The van der Waals surface area contributed by atoms with E-state index >= 15 is 0 Å². The van der Waals surface area contributed by atoms with Gasteiger partial charge in [0.25, 0.3) is 0 Å². The van der Waals surface area contributed by atoms with E-state index in [-0.39, 0.29) is 0 Å². The summed E-state index contributed by atoms with van der Waals surface area (Å²) in [4.78, 5) is 8.95. The van der Waals surface area contributed by atoms with Gasteiger partial charge in [0.05, 0.1) is 11.2 Å². The zero-order chi connectivity index (χ0) is 8.10. The van der Waals surface area contributed by atoms with Crippen molar-refractivity contribution in [3.8, 4) is 0 Å². The van der Waals surface area contributed by atoms with Gasteiger partial charge in [-0.2, -0.15) is 0 Å². The third-order valence-electron chi connectivity index (χ3n) is 1.13. The van der Waals surface area contributed by atoms with Crippen molar-refractivity contribution < 1.29 is 4.84 Å². The van der Waals surface area contributed by atoms with Crippen molar-refractivity contribution in [3.63, 3.8) is 0 Å². The summed E-state index contributed by atoms with van der Waals surface area (Å²) in [5, 5.41) is 5.79. The molecule has 0 bridgehead atoms. The molecule has 0 saturated carbocycles. The summed E-state index contributed by atoms with van der Waals surface area (Å²) in [5.41, 5.74) is 3.50. The van der Waals surface area contributed by atoms with Crippen LogP contribution in [0.5, 0.6) is 0 Å². The van der Waals surface area contributed by atoms with Gasteiger partial charge in [0.15, 0.2) is 0 Å². The van der Waals surface area contributed by atoms with Crippen molar-refractivity contribution in [1.82, 2.24) is 4.98 Å². The summed E-state index contributed by atoms with van der Waals surface area (Å²) in [6.45, 7) is 4.38. The largest absolute Gasteiger partial charge is 0.396 e. The predicted molar refractivity (Wildman–Crippen MR) is 46.0 cm³/mol. The smallest absolute Gasteiger partial charge is 0.114 e. The summed E-state index contributed by atoms with van der Waals surface area (Å²) in [6.07, 6.45) is 0. The normalized spacial score (nSPS) is 11.6. The molecular weight excluding hydrogens is 160 g/mol. The topological polar surface area (TPSA) is 34.5 Å². The molecule has 1 aromatic rings. The van der Waals surface area contributed by atoms with Gasteiger partial charge in [-0.1, -0.05) is 5.16 Å². The van der Waals surface area contributed by atoms with Crippen LogP contribution in [0.25, 0.3) is 0 Å². The Morgan fingerprint density at radius 2 is 2.64 bits per heavy atom. The van der Waals surface area contributed by atoms with Crippen LogP contribution in [0.4, 0.5) is 0 Å². The standard InChI is InChI=1S/C7H10N2OS/c1-3-10-9-6(2)7-4-11-5-8-7/h4-5H,3H2,1-2H3/b9-6-. The zero-order valence-electron chi connectivity index (χ0n) is 6.57. The maximum Gasteiger partial charge on any atom is 0.114 e. The lowest BCUT2D eigenvalue weighted by Crippen LogP contribution is -1.95. The molecule has 0 fully saturated rings. The maximum atomic E-state index is 4.87. The Morgan fingerprint density at radius 3 is 3.18 bits per heavy atom. The second-order valence-electron chi connectivity index (χ2n) is 1.97. The van der Waals surface area contributed by atoms with Crippen molar-refractivity contribution in [3.05, 3.63) is 16.6 Å². The molecule has 0 saturated heterocycles. The fourth-order valence-electron chi connectivity index (χ4n) is 0.599. The highest BCUT2D eigenvalue weighted by Gasteiger charge is 1.97. The van der Waals surface area contributed by atoms with Crippen LogP contribution in [0.15, 0.2) is 16.0 Å². The van der Waals surface area contributed by atoms with Gasteiger partial charge < -0.3 is 4.84 Å². The molecule has 0 unspecified atom stereocenters. The molecular formula is C7H10N2OS. The fourth-order valence-corrected chi connectivity index (χ4v) is 1.19. The Balaban J connectivity index is 2.62. The number of thiazole rings is 1. The Morgan fingerprint density at radius 1 is 1.82 bits per heavy atom. The van der Waals surface area contributed by atoms with E-state index < -0.39 is 0 Å². The van der Waals surface area contributed by atoms with Crippen molar-refractivity contribution >= 4 is 17.0 Å². The van der Waals surface area contributed by atoms with Crippen molar-refractivity contribution in [2.24, 2.45) is 5.16 Å². The first kappa shape index (κ1) is 8.20. The Labute approximate surface area is 69.7 Å². The van der Waals surface area contributed by atoms with Crippen LogP contribution in [0, 0.1) is 0 Å². The molecule has 4 heteroatoms. The zero-order valence-corrected chi connectivity index (χ0v) is 7.39. The van der Waals surface area contributed by atoms with E-state index in [1.54, 1.807) is 16.8 Å². The molecule has 1 aromatic heterocycles. The number of oxime groups is 1. The monoisotopic (exact) mass is 170 g/mol. The van der Waals surface area contributed by atoms with Crippen molar-refractivity contribution in [2.75, 3.05) is 6.61 Å². The highest BCUT2D eigenvalue weighted by molar-refractivity contribution is 7.07. The molecule has 0 radical (unpaired) electrons. The average Bonchev–Trinajstić information content (AvgIpc) is 2.52. The molecule has 11 heavy (non-hydrogen) atoms. The molecule has 0 aliphatic carbocycles. The third kappa shape index (κ3) is 2.31. The summed E-state index contributed by atoms with van der Waals surface area (Å²) >= 11 is 1.55. The van der Waals surface area contributed by atoms with Crippen LogP contribution in [-0.2, 0) is 4.84 Å². The number of aromatic nitrogens is 1. The number of nitrogens with zero attached hydrogens (tertiary/aromatic N) is 2. The van der Waals surface area contributed by atoms with Gasteiger partial charge in [-0.05, 0) is 13.8 Å². The first-order valence-electron chi connectivity index (χ1n) is 3.39. The van der Waals surface area contributed by atoms with E-state index in [4.69, 9.17) is 4.84 Å². The van der Waals surface area contributed by atoms with Gasteiger partial charge in [0.2, 0.25) is 0 Å². The lowest BCUT2D eigenvalue weighted by molar-refractivity contribution is 0.159. The van der Waals surface area contributed by atoms with Gasteiger partial charge in [-0.25, -0.2) is 4.98 Å². The Hall–Kier alpha value is -0.900. The summed E-state index contributed by atoms with van der Waals surface area (Å²) < 4.78 is 0. The third-order valence-corrected chi connectivity index (χ3v) is 1.72. The van der Waals surface area contributed by atoms with Gasteiger partial charge in [0, 0.05) is 5.38 Å². The fraction of sp³-hybridized carbons (Fsp3) is 0.429. The van der Waals surface area contributed by atoms with E-state index in [0.717, 1.165) is 11.4 Å². The average molecular weight is 170 g/mol. The molecule has 60 valence electrons. The summed E-state index contributed by atoms with van der Waals surface area (Å²) in [7, 11) is 0. The number of hydrogen-bond acceptors (Lipinski definition) is 4. The number of hydrogen-bond donors (Lipinski definition) is 0. The molecule has 0 spiro atoms. The van der Waals surface area contributed by atoms with Crippen LogP contribution in [0.2, 0.25) is 0 Å². The highest BCUT2D eigenvalue weighted by Crippen LogP contribution is 2.02. The SMILES string of the molecule is CCO/N=C(/C)c1cscn1. The van der Waals surface area contributed by atoms with E-state index in [0.29, 0.717) is 6.61 Å². The predicted octanol–water partition coefficient (Wildman–Crippen LogP) is 1.90. The Bertz CT molecular complexity index is 231. The number of rotatable bonds is 3. The van der Waals surface area contributed by atoms with Crippen LogP contribution in [0.3, 0.4) is 0 Å². The van der Waals surface area contributed by atoms with E-state index in [9.17, 15) is 0 Å². The summed E-state index contributed by atoms with van der Waals surface area (Å²) in [5.74, 6) is 0. The molecule has 1 heterocycles. The Kier molecular flexibility index (Phi) is 3.04. The minimum Gasteiger partial charge on any atom is -0.396 e. The molecule has 0 aliphatic rings. The maximum absolute atomic E-state index is 4.87. The van der Waals surface area contributed by atoms with Gasteiger partial charge in [0.1, 0.15) is 12.3 Å². The first-order valence-corrected chi connectivity index (χ1v) is 4.34. The molecule has 0 aromatic carbocycles. The lowest BCUT2D eigenvalue weighted by Gasteiger charge is -1.94. The van der Waals surface area contributed by atoms with E-state index in [1.165, 1.54) is 0 Å². The van der Waals surface area contributed by atoms with Gasteiger partial charge in [-0.3, -0.25) is 0 Å². The van der Waals surface area contributed by atoms with Crippen molar-refractivity contribution in [1.29, 1.82) is 0 Å². The van der Waals surface area contributed by atoms with Crippen LogP contribution in [0.1, 0.15) is 19.5 Å². The lowest BCUT2D eigenvalue weighted by atomic mass is 10.3. The highest BCUT2D eigenvalue weighted by atomic mass is 32.1. The van der Waals surface area contributed by atoms with Crippen LogP contribution < -0.4 is 0 Å². The second-order valence-corrected chi connectivity index (χ2v) is 2.69. The molecule has 0 amide bonds.